The molecule has 0 aliphatic rings. The summed E-state index contributed by atoms with van der Waals surface area (Å²) in [5.41, 5.74) is -1.90. The minimum atomic E-state index is -5.10. The van der Waals surface area contributed by atoms with Gasteiger partial charge in [0.25, 0.3) is 0 Å². The minimum absolute atomic E-state index is 0.463. The van der Waals surface area contributed by atoms with Crippen molar-refractivity contribution in [1.82, 2.24) is 4.98 Å². The molecular formula is C7H5F3N2O5. The summed E-state index contributed by atoms with van der Waals surface area (Å²) in [5.74, 6) is -2.06. The number of nitrogens with one attached hydrogen (secondary N) is 1. The Balaban J connectivity index is 3.28. The maximum absolute atomic E-state index is 11.8. The lowest BCUT2D eigenvalue weighted by atomic mass is 10.2. The molecule has 0 bridgehead atoms. The highest BCUT2D eigenvalue weighted by Gasteiger charge is 2.33. The molecule has 0 saturated heterocycles. The van der Waals surface area contributed by atoms with E-state index in [9.17, 15) is 28.1 Å². The number of alkyl halides is 3. The van der Waals surface area contributed by atoms with Gasteiger partial charge in [0, 0.05) is 6.07 Å². The van der Waals surface area contributed by atoms with Gasteiger partial charge in [-0.2, -0.15) is 4.98 Å². The van der Waals surface area contributed by atoms with Crippen molar-refractivity contribution >= 4 is 5.82 Å². The van der Waals surface area contributed by atoms with Crippen molar-refractivity contribution in [2.24, 2.45) is 0 Å². The van der Waals surface area contributed by atoms with Gasteiger partial charge < -0.3 is 20.0 Å². The molecule has 2 N–H and O–H groups in total. The number of pyridine rings is 1. The molecule has 94 valence electrons. The summed E-state index contributed by atoms with van der Waals surface area (Å²) in [7, 11) is 0. The molecule has 0 amide bonds. The quantitative estimate of drug-likeness (QED) is 0.609. The Morgan fingerprint density at radius 2 is 2.12 bits per heavy atom. The molecule has 1 heterocycles. The lowest BCUT2D eigenvalue weighted by Gasteiger charge is -2.08. The van der Waals surface area contributed by atoms with Crippen molar-refractivity contribution in [3.63, 3.8) is 0 Å². The monoisotopic (exact) mass is 254 g/mol. The summed E-state index contributed by atoms with van der Waals surface area (Å²) in [6, 6.07) is 0.463. The van der Waals surface area contributed by atoms with E-state index in [-0.39, 0.29) is 0 Å². The number of H-pyrrole nitrogens is 1. The number of aliphatic hydroxyl groups is 1. The van der Waals surface area contributed by atoms with Gasteiger partial charge in [-0.15, -0.1) is 13.2 Å². The normalized spacial score (nSPS) is 11.3. The van der Waals surface area contributed by atoms with Gasteiger partial charge in [-0.25, -0.2) is 4.79 Å². The van der Waals surface area contributed by atoms with E-state index in [1.807, 2.05) is 0 Å². The Bertz CT molecular complexity index is 495. The van der Waals surface area contributed by atoms with Crippen LogP contribution in [0.1, 0.15) is 5.56 Å². The third-order valence-corrected chi connectivity index (χ3v) is 1.64. The first kappa shape index (κ1) is 13.0. The Morgan fingerprint density at radius 1 is 1.53 bits per heavy atom. The van der Waals surface area contributed by atoms with Crippen molar-refractivity contribution in [2.75, 3.05) is 0 Å². The molecule has 0 radical (unpaired) electrons. The molecule has 17 heavy (non-hydrogen) atoms. The van der Waals surface area contributed by atoms with Crippen molar-refractivity contribution < 1.29 is 27.9 Å². The van der Waals surface area contributed by atoms with E-state index in [1.165, 1.54) is 0 Å². The summed E-state index contributed by atoms with van der Waals surface area (Å²) in [6.45, 7) is -0.915. The predicted octanol–water partition coefficient (Wildman–Crippen LogP) is 0.674. The van der Waals surface area contributed by atoms with Crippen LogP contribution in [-0.2, 0) is 6.61 Å². The van der Waals surface area contributed by atoms with Crippen LogP contribution in [0.2, 0.25) is 0 Å². The third-order valence-electron chi connectivity index (χ3n) is 1.64. The number of aliphatic hydroxyl groups excluding tert-OH is 1. The van der Waals surface area contributed by atoms with Gasteiger partial charge in [-0.1, -0.05) is 0 Å². The smallest absolute Gasteiger partial charge is 0.397 e. The van der Waals surface area contributed by atoms with E-state index >= 15 is 0 Å². The maximum Gasteiger partial charge on any atom is 0.573 e. The van der Waals surface area contributed by atoms with Gasteiger partial charge in [0.15, 0.2) is 0 Å². The number of aromatic nitrogens is 1. The van der Waals surface area contributed by atoms with Crippen molar-refractivity contribution in [1.29, 1.82) is 0 Å². The Hall–Kier alpha value is -2.10. The SMILES string of the molecule is O=c1[nH]c([N+](=O)[O-])c(CO)cc1OC(F)(F)F. The van der Waals surface area contributed by atoms with E-state index in [4.69, 9.17) is 5.11 Å². The average molecular weight is 254 g/mol. The zero-order chi connectivity index (χ0) is 13.2. The predicted molar refractivity (Wildman–Crippen MR) is 46.3 cm³/mol. The van der Waals surface area contributed by atoms with Gasteiger partial charge in [0.05, 0.1) is 12.2 Å². The lowest BCUT2D eigenvalue weighted by molar-refractivity contribution is -0.390. The van der Waals surface area contributed by atoms with E-state index in [0.717, 1.165) is 0 Å². The molecule has 1 aromatic rings. The second-order valence-electron chi connectivity index (χ2n) is 2.80. The molecular weight excluding hydrogens is 249 g/mol. The van der Waals surface area contributed by atoms with Crippen LogP contribution >= 0.6 is 0 Å². The van der Waals surface area contributed by atoms with Crippen molar-refractivity contribution in [3.05, 3.63) is 32.1 Å². The van der Waals surface area contributed by atoms with Gasteiger partial charge in [0.1, 0.15) is 0 Å². The molecule has 0 aliphatic carbocycles. The summed E-state index contributed by atoms with van der Waals surface area (Å²) in [4.78, 5) is 22.0. The van der Waals surface area contributed by atoms with E-state index in [0.29, 0.717) is 6.07 Å². The first-order chi connectivity index (χ1) is 7.74. The number of ether oxygens (including phenoxy) is 1. The zero-order valence-electron chi connectivity index (χ0n) is 7.95. The standard InChI is InChI=1S/C7H5F3N2O5/c8-7(9,10)17-4-1-3(2-13)5(12(15)16)11-6(4)14/h1,13H,2H2,(H,11,14). The lowest BCUT2D eigenvalue weighted by Crippen LogP contribution is -2.23. The van der Waals surface area contributed by atoms with Crippen molar-refractivity contribution in [2.45, 2.75) is 13.0 Å². The molecule has 0 aromatic carbocycles. The van der Waals surface area contributed by atoms with Crippen molar-refractivity contribution in [3.8, 4) is 5.75 Å². The van der Waals surface area contributed by atoms with Crippen LogP contribution in [0.25, 0.3) is 0 Å². The number of nitro groups is 1. The molecule has 10 heteroatoms. The molecule has 0 fully saturated rings. The molecule has 0 atom stereocenters. The second-order valence-corrected chi connectivity index (χ2v) is 2.80. The second kappa shape index (κ2) is 4.41. The molecule has 1 rings (SSSR count). The molecule has 7 nitrogen and oxygen atoms in total. The largest absolute Gasteiger partial charge is 0.573 e. The molecule has 0 spiro atoms. The first-order valence-corrected chi connectivity index (χ1v) is 4.02. The van der Waals surface area contributed by atoms with Crippen LogP contribution in [0.15, 0.2) is 10.9 Å². The fourth-order valence-corrected chi connectivity index (χ4v) is 1.03. The summed E-state index contributed by atoms with van der Waals surface area (Å²) < 4.78 is 38.9. The first-order valence-electron chi connectivity index (χ1n) is 4.02. The fraction of sp³-hybridized carbons (Fsp3) is 0.286. The summed E-state index contributed by atoms with van der Waals surface area (Å²) in [6.07, 6.45) is -5.10. The van der Waals surface area contributed by atoms with Crippen LogP contribution in [-0.4, -0.2) is 21.4 Å². The number of aromatic amines is 1. The number of halogens is 3. The molecule has 0 aliphatic heterocycles. The fourth-order valence-electron chi connectivity index (χ4n) is 1.03. The minimum Gasteiger partial charge on any atom is -0.397 e. The van der Waals surface area contributed by atoms with E-state index in [2.05, 4.69) is 4.74 Å². The molecule has 1 aromatic heterocycles. The number of hydrogen-bond acceptors (Lipinski definition) is 5. The van der Waals surface area contributed by atoms with Gasteiger partial charge in [-0.3, -0.25) is 0 Å². The number of rotatable bonds is 3. The topological polar surface area (TPSA) is 105 Å². The van der Waals surface area contributed by atoms with Crippen LogP contribution in [0.3, 0.4) is 0 Å². The van der Waals surface area contributed by atoms with Gasteiger partial charge >= 0.3 is 17.7 Å². The highest BCUT2D eigenvalue weighted by atomic mass is 19.4. The summed E-state index contributed by atoms with van der Waals surface area (Å²) >= 11 is 0. The molecule has 0 unspecified atom stereocenters. The highest BCUT2D eigenvalue weighted by Crippen LogP contribution is 2.23. The zero-order valence-corrected chi connectivity index (χ0v) is 7.95. The van der Waals surface area contributed by atoms with E-state index in [1.54, 1.807) is 4.98 Å². The maximum atomic E-state index is 11.8. The van der Waals surface area contributed by atoms with Crippen LogP contribution in [0.5, 0.6) is 5.75 Å². The van der Waals surface area contributed by atoms with Gasteiger partial charge in [-0.05, 0) is 4.92 Å². The van der Waals surface area contributed by atoms with E-state index < -0.39 is 40.6 Å². The van der Waals surface area contributed by atoms with Crippen LogP contribution in [0.4, 0.5) is 19.0 Å². The van der Waals surface area contributed by atoms with Crippen LogP contribution in [0, 0.1) is 10.1 Å². The Labute approximate surface area is 90.6 Å². The number of nitrogens with zero attached hydrogens (tertiary/aromatic N) is 1. The number of hydrogen-bond donors (Lipinski definition) is 2. The average Bonchev–Trinajstić information content (AvgIpc) is 2.18. The highest BCUT2D eigenvalue weighted by molar-refractivity contribution is 5.37. The third kappa shape index (κ3) is 3.17. The Morgan fingerprint density at radius 3 is 2.53 bits per heavy atom. The van der Waals surface area contributed by atoms with Gasteiger partial charge in [0.2, 0.25) is 5.75 Å². The Kier molecular flexibility index (Phi) is 3.36. The molecule has 0 saturated carbocycles. The van der Waals surface area contributed by atoms with Crippen LogP contribution < -0.4 is 10.3 Å². The summed E-state index contributed by atoms with van der Waals surface area (Å²) in [5, 5.41) is 19.1.